The zero-order valence-electron chi connectivity index (χ0n) is 11.7. The lowest BCUT2D eigenvalue weighted by Gasteiger charge is -2.42. The summed E-state index contributed by atoms with van der Waals surface area (Å²) in [5, 5.41) is 7.25. The molecule has 2 saturated heterocycles. The van der Waals surface area contributed by atoms with Gasteiger partial charge in [-0.05, 0) is 18.8 Å². The van der Waals surface area contributed by atoms with Crippen LogP contribution in [0.4, 0.5) is 10.5 Å². The Labute approximate surface area is 118 Å². The van der Waals surface area contributed by atoms with E-state index in [1.807, 2.05) is 10.9 Å². The van der Waals surface area contributed by atoms with Crippen molar-refractivity contribution in [3.63, 3.8) is 0 Å². The maximum absolute atomic E-state index is 11.6. The molecule has 1 N–H and O–H groups in total. The average Bonchev–Trinajstić information content (AvgIpc) is 2.93. The quantitative estimate of drug-likeness (QED) is 0.894. The van der Waals surface area contributed by atoms with Crippen LogP contribution in [0.1, 0.15) is 25.3 Å². The van der Waals surface area contributed by atoms with Gasteiger partial charge < -0.3 is 5.32 Å². The van der Waals surface area contributed by atoms with Gasteiger partial charge in [0.15, 0.2) is 0 Å². The van der Waals surface area contributed by atoms with E-state index in [2.05, 4.69) is 15.3 Å². The van der Waals surface area contributed by atoms with Gasteiger partial charge in [0.25, 0.3) is 0 Å². The molecular weight excluding hydrogens is 254 g/mol. The summed E-state index contributed by atoms with van der Waals surface area (Å²) in [5.74, 6) is 0.942. The third-order valence-corrected chi connectivity index (χ3v) is 4.81. The number of carbonyl (C=O) groups is 1. The van der Waals surface area contributed by atoms with E-state index in [4.69, 9.17) is 0 Å². The third kappa shape index (κ3) is 2.08. The summed E-state index contributed by atoms with van der Waals surface area (Å²) in [6, 6.07) is 0.472. The van der Waals surface area contributed by atoms with Crippen molar-refractivity contribution in [1.29, 1.82) is 0 Å². The Hall–Kier alpha value is -1.56. The summed E-state index contributed by atoms with van der Waals surface area (Å²) in [6.45, 7) is 4.93. The number of hydrogen-bond donors (Lipinski definition) is 1. The number of carbonyl (C=O) groups excluding carboxylic acids is 1. The summed E-state index contributed by atoms with van der Waals surface area (Å²) < 4.78 is 2.03. The minimum absolute atomic E-state index is 0.00947. The lowest BCUT2D eigenvalue weighted by molar-refractivity contribution is 0.0635. The van der Waals surface area contributed by atoms with Gasteiger partial charge in [-0.15, -0.1) is 0 Å². The first-order chi connectivity index (χ1) is 9.79. The van der Waals surface area contributed by atoms with Crippen molar-refractivity contribution in [2.75, 3.05) is 37.6 Å². The van der Waals surface area contributed by atoms with Crippen molar-refractivity contribution in [3.8, 4) is 0 Å². The van der Waals surface area contributed by atoms with Crippen LogP contribution in [-0.4, -0.2) is 53.4 Å². The molecule has 0 bridgehead atoms. The number of nitrogens with one attached hydrogen (secondary N) is 1. The molecule has 1 saturated carbocycles. The lowest BCUT2D eigenvalue weighted by Crippen LogP contribution is -2.50. The molecule has 6 nitrogen and oxygen atoms in total. The van der Waals surface area contributed by atoms with Gasteiger partial charge in [-0.2, -0.15) is 5.10 Å². The molecular formula is C14H21N5O. The van der Waals surface area contributed by atoms with Crippen molar-refractivity contribution >= 4 is 11.7 Å². The molecule has 0 atom stereocenters. The fraction of sp³-hybridized carbons (Fsp3) is 0.714. The van der Waals surface area contributed by atoms with E-state index in [1.165, 1.54) is 25.8 Å². The topological polar surface area (TPSA) is 53.4 Å². The van der Waals surface area contributed by atoms with E-state index >= 15 is 0 Å². The summed E-state index contributed by atoms with van der Waals surface area (Å²) >= 11 is 0. The molecule has 3 fully saturated rings. The van der Waals surface area contributed by atoms with Crippen LogP contribution in [0.3, 0.4) is 0 Å². The van der Waals surface area contributed by atoms with Crippen LogP contribution < -0.4 is 10.2 Å². The number of amides is 2. The molecule has 4 rings (SSSR count). The van der Waals surface area contributed by atoms with Crippen molar-refractivity contribution in [2.45, 2.75) is 25.3 Å². The van der Waals surface area contributed by atoms with Crippen LogP contribution in [0.25, 0.3) is 0 Å². The second-order valence-corrected chi connectivity index (χ2v) is 6.23. The molecule has 0 radical (unpaired) electrons. The third-order valence-electron chi connectivity index (χ3n) is 4.81. The van der Waals surface area contributed by atoms with Crippen LogP contribution in [0, 0.1) is 5.92 Å². The molecule has 1 aromatic heterocycles. The molecule has 2 aliphatic heterocycles. The van der Waals surface area contributed by atoms with Gasteiger partial charge in [-0.25, -0.2) is 4.79 Å². The van der Waals surface area contributed by atoms with Gasteiger partial charge in [0, 0.05) is 38.9 Å². The van der Waals surface area contributed by atoms with Crippen molar-refractivity contribution in [3.05, 3.63) is 12.4 Å². The predicted octanol–water partition coefficient (Wildman–Crippen LogP) is 1.07. The van der Waals surface area contributed by atoms with E-state index in [-0.39, 0.29) is 6.03 Å². The minimum Gasteiger partial charge on any atom is -0.336 e. The average molecular weight is 275 g/mol. The Morgan fingerprint density at radius 2 is 2.20 bits per heavy atom. The summed E-state index contributed by atoms with van der Waals surface area (Å²) in [6.07, 6.45) is 8.06. The Balaban J connectivity index is 1.34. The molecule has 0 spiro atoms. The highest BCUT2D eigenvalue weighted by atomic mass is 16.2. The van der Waals surface area contributed by atoms with E-state index in [1.54, 1.807) is 11.1 Å². The second kappa shape index (κ2) is 4.77. The highest BCUT2D eigenvalue weighted by Crippen LogP contribution is 2.31. The van der Waals surface area contributed by atoms with Crippen molar-refractivity contribution in [1.82, 2.24) is 20.0 Å². The highest BCUT2D eigenvalue weighted by Gasteiger charge is 2.32. The van der Waals surface area contributed by atoms with Crippen LogP contribution in [0.2, 0.25) is 0 Å². The molecule has 0 aromatic carbocycles. The highest BCUT2D eigenvalue weighted by molar-refractivity contribution is 5.93. The van der Waals surface area contributed by atoms with E-state index in [9.17, 15) is 4.79 Å². The fourth-order valence-electron chi connectivity index (χ4n) is 3.28. The Kier molecular flexibility index (Phi) is 2.91. The van der Waals surface area contributed by atoms with E-state index in [0.717, 1.165) is 37.8 Å². The number of anilines is 1. The largest absolute Gasteiger partial charge is 0.336 e. The first-order valence-corrected chi connectivity index (χ1v) is 7.61. The van der Waals surface area contributed by atoms with E-state index < -0.39 is 0 Å². The maximum Gasteiger partial charge on any atom is 0.322 e. The number of nitrogens with zero attached hydrogens (tertiary/aromatic N) is 4. The standard InChI is InChI=1S/C14H21N5O/c20-14-15-4-5-18(14)12-6-16-19(10-12)13-8-17(9-13)7-11-2-1-3-11/h6,10-11,13H,1-5,7-9H2,(H,15,20). The van der Waals surface area contributed by atoms with Gasteiger partial charge in [0.2, 0.25) is 0 Å². The second-order valence-electron chi connectivity index (χ2n) is 6.23. The number of rotatable bonds is 4. The molecule has 1 aliphatic carbocycles. The predicted molar refractivity (Wildman–Crippen MR) is 75.8 cm³/mol. The van der Waals surface area contributed by atoms with Gasteiger partial charge in [0.1, 0.15) is 0 Å². The number of urea groups is 1. The molecule has 0 unspecified atom stereocenters. The molecule has 20 heavy (non-hydrogen) atoms. The van der Waals surface area contributed by atoms with Crippen LogP contribution in [0.5, 0.6) is 0 Å². The van der Waals surface area contributed by atoms with Crippen LogP contribution in [0.15, 0.2) is 12.4 Å². The zero-order chi connectivity index (χ0) is 13.5. The molecule has 108 valence electrons. The molecule has 3 heterocycles. The Bertz CT molecular complexity index is 503. The van der Waals surface area contributed by atoms with Gasteiger partial charge in [-0.1, -0.05) is 6.42 Å². The Morgan fingerprint density at radius 1 is 1.35 bits per heavy atom. The van der Waals surface area contributed by atoms with Crippen molar-refractivity contribution < 1.29 is 4.79 Å². The normalized spacial score (nSPS) is 24.6. The first kappa shape index (κ1) is 12.2. The van der Waals surface area contributed by atoms with Gasteiger partial charge >= 0.3 is 6.03 Å². The number of likely N-dealkylation sites (tertiary alicyclic amines) is 1. The molecule has 2 amide bonds. The zero-order valence-corrected chi connectivity index (χ0v) is 11.7. The van der Waals surface area contributed by atoms with Gasteiger partial charge in [0.05, 0.1) is 17.9 Å². The Morgan fingerprint density at radius 3 is 2.85 bits per heavy atom. The molecule has 3 aliphatic rings. The van der Waals surface area contributed by atoms with Crippen molar-refractivity contribution in [2.24, 2.45) is 5.92 Å². The number of aromatic nitrogens is 2. The van der Waals surface area contributed by atoms with Crippen LogP contribution in [-0.2, 0) is 0 Å². The summed E-state index contributed by atoms with van der Waals surface area (Å²) in [5.41, 5.74) is 0.914. The summed E-state index contributed by atoms with van der Waals surface area (Å²) in [4.78, 5) is 15.9. The maximum atomic E-state index is 11.6. The number of hydrogen-bond acceptors (Lipinski definition) is 3. The van der Waals surface area contributed by atoms with Crippen LogP contribution >= 0.6 is 0 Å². The first-order valence-electron chi connectivity index (χ1n) is 7.61. The smallest absolute Gasteiger partial charge is 0.322 e. The van der Waals surface area contributed by atoms with E-state index in [0.29, 0.717) is 6.04 Å². The lowest BCUT2D eigenvalue weighted by atomic mass is 9.84. The summed E-state index contributed by atoms with van der Waals surface area (Å²) in [7, 11) is 0. The molecule has 6 heteroatoms. The SMILES string of the molecule is O=C1NCCN1c1cnn(C2CN(CC3CCC3)C2)c1. The van der Waals surface area contributed by atoms with Gasteiger partial charge in [-0.3, -0.25) is 14.5 Å². The monoisotopic (exact) mass is 275 g/mol. The molecule has 1 aromatic rings. The minimum atomic E-state index is -0.00947. The fourth-order valence-corrected chi connectivity index (χ4v) is 3.28.